The van der Waals surface area contributed by atoms with Gasteiger partial charge in [-0.15, -0.1) is 0 Å². The molecule has 7 heteroatoms. The van der Waals surface area contributed by atoms with Crippen molar-refractivity contribution in [3.63, 3.8) is 0 Å². The second kappa shape index (κ2) is 6.41. The van der Waals surface area contributed by atoms with Crippen LogP contribution in [0.4, 0.5) is 0 Å². The maximum absolute atomic E-state index is 12.0. The molecule has 0 saturated heterocycles. The van der Waals surface area contributed by atoms with E-state index in [2.05, 4.69) is 15.1 Å². The summed E-state index contributed by atoms with van der Waals surface area (Å²) in [5.41, 5.74) is 5.78. The molecule has 0 aliphatic carbocycles. The summed E-state index contributed by atoms with van der Waals surface area (Å²) < 4.78 is 0. The molecule has 92 valence electrons. The van der Waals surface area contributed by atoms with Crippen LogP contribution in [0.3, 0.4) is 0 Å². The van der Waals surface area contributed by atoms with Gasteiger partial charge in [0.05, 0.1) is 12.1 Å². The Morgan fingerprint density at radius 2 is 2.18 bits per heavy atom. The Morgan fingerprint density at radius 3 is 2.71 bits per heavy atom. The molecule has 0 saturated carbocycles. The molecular weight excluding hydrogens is 222 g/mol. The number of oxime groups is 1. The summed E-state index contributed by atoms with van der Waals surface area (Å²) in [5, 5.41) is 11.4. The van der Waals surface area contributed by atoms with Crippen LogP contribution in [-0.2, 0) is 0 Å². The highest BCUT2D eigenvalue weighted by Crippen LogP contribution is 2.02. The summed E-state index contributed by atoms with van der Waals surface area (Å²) in [6, 6.07) is 0. The zero-order valence-corrected chi connectivity index (χ0v) is 9.58. The monoisotopic (exact) mass is 237 g/mol. The van der Waals surface area contributed by atoms with E-state index >= 15 is 0 Å². The molecule has 1 rings (SSSR count). The Hall–Kier alpha value is -2.18. The predicted molar refractivity (Wildman–Crippen MR) is 61.6 cm³/mol. The Kier molecular flexibility index (Phi) is 4.86. The minimum atomic E-state index is -0.237. The van der Waals surface area contributed by atoms with Crippen LogP contribution < -0.4 is 5.73 Å². The van der Waals surface area contributed by atoms with Crippen LogP contribution in [0.2, 0.25) is 0 Å². The summed E-state index contributed by atoms with van der Waals surface area (Å²) >= 11 is 0. The number of rotatable bonds is 5. The molecular formula is C10H15N5O2. The molecule has 0 spiro atoms. The molecule has 0 bridgehead atoms. The van der Waals surface area contributed by atoms with E-state index in [4.69, 9.17) is 10.9 Å². The van der Waals surface area contributed by atoms with Crippen molar-refractivity contribution in [3.8, 4) is 0 Å². The fourth-order valence-electron chi connectivity index (χ4n) is 1.34. The van der Waals surface area contributed by atoms with Crippen LogP contribution in [0, 0.1) is 0 Å². The molecule has 0 aromatic carbocycles. The summed E-state index contributed by atoms with van der Waals surface area (Å²) in [6.07, 6.45) is 5.00. The number of carbonyl (C=O) groups is 1. The number of amidine groups is 1. The van der Waals surface area contributed by atoms with Crippen molar-refractivity contribution in [1.29, 1.82) is 0 Å². The zero-order valence-electron chi connectivity index (χ0n) is 9.58. The number of nitrogens with two attached hydrogens (primary N) is 1. The van der Waals surface area contributed by atoms with E-state index in [9.17, 15) is 4.79 Å². The van der Waals surface area contributed by atoms with Gasteiger partial charge in [0.2, 0.25) is 0 Å². The normalized spacial score (nSPS) is 11.2. The molecule has 3 N–H and O–H groups in total. The summed E-state index contributed by atoms with van der Waals surface area (Å²) in [6.45, 7) is 2.54. The molecule has 1 amide bonds. The lowest BCUT2D eigenvalue weighted by molar-refractivity contribution is 0.0777. The van der Waals surface area contributed by atoms with Crippen molar-refractivity contribution in [2.75, 3.05) is 13.1 Å². The number of hydrogen-bond acceptors (Lipinski definition) is 5. The molecule has 7 nitrogen and oxygen atoms in total. The van der Waals surface area contributed by atoms with Crippen LogP contribution in [0.25, 0.3) is 0 Å². The molecule has 1 heterocycles. The third-order valence-electron chi connectivity index (χ3n) is 2.07. The van der Waals surface area contributed by atoms with Gasteiger partial charge in [0.1, 0.15) is 6.33 Å². The van der Waals surface area contributed by atoms with Gasteiger partial charge in [-0.3, -0.25) is 4.79 Å². The fourth-order valence-corrected chi connectivity index (χ4v) is 1.34. The first-order valence-corrected chi connectivity index (χ1v) is 5.19. The van der Waals surface area contributed by atoms with E-state index in [1.54, 1.807) is 0 Å². The molecule has 1 aromatic heterocycles. The quantitative estimate of drug-likeness (QED) is 0.326. The van der Waals surface area contributed by atoms with E-state index in [1.165, 1.54) is 23.6 Å². The lowest BCUT2D eigenvalue weighted by atomic mass is 10.2. The molecule has 0 unspecified atom stereocenters. The number of nitrogens with zero attached hydrogens (tertiary/aromatic N) is 4. The third kappa shape index (κ3) is 3.71. The average molecular weight is 237 g/mol. The molecule has 0 aliphatic rings. The van der Waals surface area contributed by atoms with Crippen molar-refractivity contribution < 1.29 is 10.0 Å². The van der Waals surface area contributed by atoms with Gasteiger partial charge in [-0.25, -0.2) is 9.97 Å². The van der Waals surface area contributed by atoms with Crippen molar-refractivity contribution in [2.45, 2.75) is 13.3 Å². The SMILES string of the molecule is CCCN(CC(N)=NO)C(=O)c1cncnc1. The lowest BCUT2D eigenvalue weighted by Crippen LogP contribution is -2.39. The van der Waals surface area contributed by atoms with Crippen LogP contribution >= 0.6 is 0 Å². The van der Waals surface area contributed by atoms with Gasteiger partial charge in [-0.1, -0.05) is 12.1 Å². The van der Waals surface area contributed by atoms with Crippen molar-refractivity contribution in [2.24, 2.45) is 10.9 Å². The molecule has 0 radical (unpaired) electrons. The minimum Gasteiger partial charge on any atom is -0.409 e. The van der Waals surface area contributed by atoms with E-state index in [0.717, 1.165) is 6.42 Å². The van der Waals surface area contributed by atoms with Gasteiger partial charge in [0.25, 0.3) is 5.91 Å². The van der Waals surface area contributed by atoms with Crippen LogP contribution in [-0.4, -0.2) is 44.9 Å². The zero-order chi connectivity index (χ0) is 12.7. The smallest absolute Gasteiger partial charge is 0.257 e. The number of hydrogen-bond donors (Lipinski definition) is 2. The van der Waals surface area contributed by atoms with Crippen molar-refractivity contribution in [1.82, 2.24) is 14.9 Å². The Morgan fingerprint density at radius 1 is 1.53 bits per heavy atom. The van der Waals surface area contributed by atoms with Crippen molar-refractivity contribution >= 4 is 11.7 Å². The standard InChI is InChI=1S/C10H15N5O2/c1-2-3-15(6-9(11)14-17)10(16)8-4-12-7-13-5-8/h4-5,7,17H,2-3,6H2,1H3,(H2,11,14). The van der Waals surface area contributed by atoms with Gasteiger partial charge < -0.3 is 15.8 Å². The van der Waals surface area contributed by atoms with Crippen molar-refractivity contribution in [3.05, 3.63) is 24.3 Å². The van der Waals surface area contributed by atoms with E-state index in [1.807, 2.05) is 6.92 Å². The molecule has 0 atom stereocenters. The summed E-state index contributed by atoms with van der Waals surface area (Å²) in [4.78, 5) is 21.1. The number of aromatic nitrogens is 2. The van der Waals surface area contributed by atoms with Crippen LogP contribution in [0.1, 0.15) is 23.7 Å². The van der Waals surface area contributed by atoms with E-state index < -0.39 is 0 Å². The highest BCUT2D eigenvalue weighted by atomic mass is 16.4. The van der Waals surface area contributed by atoms with Gasteiger partial charge >= 0.3 is 0 Å². The first-order chi connectivity index (χ1) is 8.19. The number of amides is 1. The fraction of sp³-hybridized carbons (Fsp3) is 0.400. The maximum Gasteiger partial charge on any atom is 0.257 e. The highest BCUT2D eigenvalue weighted by molar-refractivity contribution is 5.96. The molecule has 0 aliphatic heterocycles. The Bertz CT molecular complexity index is 393. The van der Waals surface area contributed by atoms with Gasteiger partial charge in [0, 0.05) is 18.9 Å². The molecule has 0 fully saturated rings. The first-order valence-electron chi connectivity index (χ1n) is 5.19. The number of carbonyl (C=O) groups excluding carboxylic acids is 1. The van der Waals surface area contributed by atoms with Gasteiger partial charge in [-0.05, 0) is 6.42 Å². The van der Waals surface area contributed by atoms with Gasteiger partial charge in [-0.2, -0.15) is 0 Å². The second-order valence-corrected chi connectivity index (χ2v) is 3.45. The summed E-state index contributed by atoms with van der Waals surface area (Å²) in [5.74, 6) is -0.248. The minimum absolute atomic E-state index is 0.0105. The van der Waals surface area contributed by atoms with Crippen LogP contribution in [0.15, 0.2) is 23.9 Å². The first kappa shape index (κ1) is 12.9. The lowest BCUT2D eigenvalue weighted by Gasteiger charge is -2.20. The van der Waals surface area contributed by atoms with Gasteiger partial charge in [0.15, 0.2) is 5.84 Å². The summed E-state index contributed by atoms with van der Waals surface area (Å²) in [7, 11) is 0. The predicted octanol–water partition coefficient (Wildman–Crippen LogP) is 0.0752. The average Bonchev–Trinajstić information content (AvgIpc) is 2.38. The Labute approximate surface area is 99.0 Å². The highest BCUT2D eigenvalue weighted by Gasteiger charge is 2.16. The largest absolute Gasteiger partial charge is 0.409 e. The molecule has 1 aromatic rings. The third-order valence-corrected chi connectivity index (χ3v) is 2.07. The topological polar surface area (TPSA) is 105 Å². The Balaban J connectivity index is 2.80. The van der Waals surface area contributed by atoms with E-state index in [-0.39, 0.29) is 18.3 Å². The molecule has 17 heavy (non-hydrogen) atoms. The van der Waals surface area contributed by atoms with Crippen LogP contribution in [0.5, 0.6) is 0 Å². The van der Waals surface area contributed by atoms with E-state index in [0.29, 0.717) is 12.1 Å². The second-order valence-electron chi connectivity index (χ2n) is 3.45. The maximum atomic E-state index is 12.0.